The summed E-state index contributed by atoms with van der Waals surface area (Å²) < 4.78 is 12.4. The van der Waals surface area contributed by atoms with Gasteiger partial charge in [-0.2, -0.15) is 0 Å². The van der Waals surface area contributed by atoms with Crippen molar-refractivity contribution in [2.75, 3.05) is 12.3 Å². The highest BCUT2D eigenvalue weighted by Gasteiger charge is 2.33. The molecule has 4 N–H and O–H groups in total. The van der Waals surface area contributed by atoms with Crippen molar-refractivity contribution in [1.82, 2.24) is 0 Å². The van der Waals surface area contributed by atoms with Crippen LogP contribution in [0, 0.1) is 0 Å². The van der Waals surface area contributed by atoms with E-state index in [1.807, 2.05) is 6.07 Å². The minimum absolute atomic E-state index is 0.281. The lowest BCUT2D eigenvalue weighted by Crippen LogP contribution is -2.31. The van der Waals surface area contributed by atoms with Gasteiger partial charge in [0.2, 0.25) is 0 Å². The summed E-state index contributed by atoms with van der Waals surface area (Å²) >= 11 is 0. The molecule has 20 heavy (non-hydrogen) atoms. The van der Waals surface area contributed by atoms with Gasteiger partial charge >= 0.3 is 0 Å². The van der Waals surface area contributed by atoms with Crippen molar-refractivity contribution in [2.45, 2.75) is 48.7 Å². The van der Waals surface area contributed by atoms with Crippen LogP contribution >= 0.6 is 0 Å². The van der Waals surface area contributed by atoms with Crippen LogP contribution in [-0.4, -0.2) is 32.3 Å². The molecule has 0 radical (unpaired) electrons. The topological polar surface area (TPSA) is 83.5 Å². The van der Waals surface area contributed by atoms with Crippen LogP contribution in [-0.2, 0) is 10.8 Å². The summed E-state index contributed by atoms with van der Waals surface area (Å²) in [5.74, 6) is 0.281. The van der Waals surface area contributed by atoms with E-state index in [2.05, 4.69) is 0 Å². The summed E-state index contributed by atoms with van der Waals surface area (Å²) in [6.45, 7) is 0.411. The third-order valence-electron chi connectivity index (χ3n) is 3.88. The molecule has 112 valence electrons. The second-order valence-electron chi connectivity index (χ2n) is 5.59. The Morgan fingerprint density at radius 3 is 2.70 bits per heavy atom. The van der Waals surface area contributed by atoms with E-state index in [0.717, 1.165) is 31.2 Å². The molecule has 0 spiro atoms. The quantitative estimate of drug-likeness (QED) is 0.742. The van der Waals surface area contributed by atoms with E-state index in [1.54, 1.807) is 18.2 Å². The van der Waals surface area contributed by atoms with E-state index in [9.17, 15) is 14.4 Å². The van der Waals surface area contributed by atoms with Gasteiger partial charge in [0.1, 0.15) is 0 Å². The van der Waals surface area contributed by atoms with Gasteiger partial charge in [-0.25, -0.2) is 0 Å². The molecule has 2 atom stereocenters. The molecular formula is C15H23NO3S. The van der Waals surface area contributed by atoms with Gasteiger partial charge in [0.05, 0.1) is 28.3 Å². The minimum atomic E-state index is -1.24. The standard InChI is InChI=1S/C15H23NO3S/c16-9-6-14(17)12-4-3-5-13(10-12)20(19)11-15(18)7-1-2-8-15/h3-5,10,14,17-18H,1-2,6-9,11,16H2. The third-order valence-corrected chi connectivity index (χ3v) is 5.46. The number of hydrogen-bond acceptors (Lipinski definition) is 4. The summed E-state index contributed by atoms with van der Waals surface area (Å²) in [5.41, 5.74) is 5.39. The fourth-order valence-electron chi connectivity index (χ4n) is 2.69. The number of nitrogens with two attached hydrogens (primary N) is 1. The molecule has 5 heteroatoms. The summed E-state index contributed by atoms with van der Waals surface area (Å²) in [6.07, 6.45) is 3.33. The van der Waals surface area contributed by atoms with Gasteiger partial charge in [-0.15, -0.1) is 0 Å². The molecule has 0 saturated heterocycles. The third kappa shape index (κ3) is 3.88. The zero-order chi connectivity index (χ0) is 14.6. The van der Waals surface area contributed by atoms with Crippen LogP contribution in [0.2, 0.25) is 0 Å². The second kappa shape index (κ2) is 6.80. The first-order chi connectivity index (χ1) is 9.54. The van der Waals surface area contributed by atoms with Gasteiger partial charge in [-0.3, -0.25) is 4.21 Å². The predicted molar refractivity (Wildman–Crippen MR) is 79.8 cm³/mol. The highest BCUT2D eigenvalue weighted by atomic mass is 32.2. The van der Waals surface area contributed by atoms with Gasteiger partial charge in [-0.1, -0.05) is 25.0 Å². The first-order valence-corrected chi connectivity index (χ1v) is 8.45. The minimum Gasteiger partial charge on any atom is -0.389 e. The van der Waals surface area contributed by atoms with E-state index < -0.39 is 22.5 Å². The Bertz CT molecular complexity index is 472. The highest BCUT2D eigenvalue weighted by Crippen LogP contribution is 2.31. The first-order valence-electron chi connectivity index (χ1n) is 7.13. The van der Waals surface area contributed by atoms with Crippen molar-refractivity contribution in [2.24, 2.45) is 5.73 Å². The maximum absolute atomic E-state index is 12.4. The fraction of sp³-hybridized carbons (Fsp3) is 0.600. The van der Waals surface area contributed by atoms with Crippen molar-refractivity contribution >= 4 is 10.8 Å². The average Bonchev–Trinajstić information content (AvgIpc) is 2.85. The Balaban J connectivity index is 2.08. The Morgan fingerprint density at radius 2 is 2.05 bits per heavy atom. The zero-order valence-electron chi connectivity index (χ0n) is 11.6. The largest absolute Gasteiger partial charge is 0.389 e. The molecule has 0 aromatic heterocycles. The molecule has 1 fully saturated rings. The summed E-state index contributed by atoms with van der Waals surface area (Å²) in [6, 6.07) is 7.15. The molecule has 1 aliphatic carbocycles. The van der Waals surface area contributed by atoms with Gasteiger partial charge in [0, 0.05) is 4.90 Å². The average molecular weight is 297 g/mol. The van der Waals surface area contributed by atoms with Crippen molar-refractivity contribution in [1.29, 1.82) is 0 Å². The summed E-state index contributed by atoms with van der Waals surface area (Å²) in [7, 11) is -1.24. The maximum Gasteiger partial charge on any atom is 0.0802 e. The summed E-state index contributed by atoms with van der Waals surface area (Å²) in [4.78, 5) is 0.666. The molecule has 0 bridgehead atoms. The lowest BCUT2D eigenvalue weighted by Gasteiger charge is -2.21. The number of hydrogen-bond donors (Lipinski definition) is 3. The molecule has 0 amide bonds. The monoisotopic (exact) mass is 297 g/mol. The van der Waals surface area contributed by atoms with Crippen LogP contribution in [0.25, 0.3) is 0 Å². The Kier molecular flexibility index (Phi) is 5.32. The number of aliphatic hydroxyl groups excluding tert-OH is 1. The van der Waals surface area contributed by atoms with Crippen molar-refractivity contribution in [3.63, 3.8) is 0 Å². The van der Waals surface area contributed by atoms with E-state index in [4.69, 9.17) is 5.73 Å². The Morgan fingerprint density at radius 1 is 1.35 bits per heavy atom. The normalized spacial score (nSPS) is 20.8. The Hall–Kier alpha value is -0.750. The molecule has 1 aliphatic rings. The lowest BCUT2D eigenvalue weighted by atomic mass is 10.1. The number of aliphatic hydroxyl groups is 2. The summed E-state index contributed by atoms with van der Waals surface area (Å²) in [5, 5.41) is 20.3. The highest BCUT2D eigenvalue weighted by molar-refractivity contribution is 7.85. The van der Waals surface area contributed by atoms with E-state index in [-0.39, 0.29) is 5.75 Å². The predicted octanol–water partition coefficient (Wildman–Crippen LogP) is 1.48. The van der Waals surface area contributed by atoms with Crippen LogP contribution in [0.15, 0.2) is 29.2 Å². The molecule has 4 nitrogen and oxygen atoms in total. The number of benzene rings is 1. The van der Waals surface area contributed by atoms with E-state index >= 15 is 0 Å². The van der Waals surface area contributed by atoms with E-state index in [1.165, 1.54) is 0 Å². The molecule has 2 rings (SSSR count). The van der Waals surface area contributed by atoms with Crippen LogP contribution in [0.5, 0.6) is 0 Å². The van der Waals surface area contributed by atoms with Gasteiger partial charge < -0.3 is 15.9 Å². The molecule has 1 aromatic carbocycles. The molecule has 0 heterocycles. The molecule has 1 aromatic rings. The van der Waals surface area contributed by atoms with Crippen molar-refractivity contribution in [3.8, 4) is 0 Å². The Labute approximate surface area is 122 Å². The van der Waals surface area contributed by atoms with Gasteiger partial charge in [0.25, 0.3) is 0 Å². The zero-order valence-corrected chi connectivity index (χ0v) is 12.4. The van der Waals surface area contributed by atoms with Gasteiger partial charge in [0.15, 0.2) is 0 Å². The smallest absolute Gasteiger partial charge is 0.0802 e. The molecule has 1 saturated carbocycles. The molecule has 2 unspecified atom stereocenters. The van der Waals surface area contributed by atoms with Crippen LogP contribution in [0.1, 0.15) is 43.8 Å². The van der Waals surface area contributed by atoms with Crippen LogP contribution in [0.4, 0.5) is 0 Å². The lowest BCUT2D eigenvalue weighted by molar-refractivity contribution is 0.0723. The second-order valence-corrected chi connectivity index (χ2v) is 7.04. The van der Waals surface area contributed by atoms with Crippen LogP contribution < -0.4 is 5.73 Å². The SMILES string of the molecule is NCCC(O)c1cccc(S(=O)CC2(O)CCCC2)c1. The van der Waals surface area contributed by atoms with E-state index in [0.29, 0.717) is 17.9 Å². The maximum atomic E-state index is 12.4. The molecular weight excluding hydrogens is 274 g/mol. The molecule has 0 aliphatic heterocycles. The fourth-order valence-corrected chi connectivity index (χ4v) is 4.13. The van der Waals surface area contributed by atoms with Gasteiger partial charge in [-0.05, 0) is 43.5 Å². The number of rotatable bonds is 6. The van der Waals surface area contributed by atoms with Crippen molar-refractivity contribution in [3.05, 3.63) is 29.8 Å². The van der Waals surface area contributed by atoms with Crippen molar-refractivity contribution < 1.29 is 14.4 Å². The first kappa shape index (κ1) is 15.6. The van der Waals surface area contributed by atoms with Crippen LogP contribution in [0.3, 0.4) is 0 Å².